The molecule has 0 saturated carbocycles. The monoisotopic (exact) mass is 1290 g/mol. The lowest BCUT2D eigenvalue weighted by atomic mass is 9.83. The quantitative estimate of drug-likeness (QED) is 0.0944. The zero-order valence-corrected chi connectivity index (χ0v) is 55.6. The molecule has 0 N–H and O–H groups in total. The summed E-state index contributed by atoms with van der Waals surface area (Å²) in [5.74, 6) is 2.02. The third-order valence-corrected chi connectivity index (χ3v) is 18.9. The maximum absolute atomic E-state index is 5.44. The van der Waals surface area contributed by atoms with Gasteiger partial charge in [-0.2, -0.15) is 0 Å². The van der Waals surface area contributed by atoms with Crippen molar-refractivity contribution in [3.8, 4) is 141 Å². The minimum atomic E-state index is 0.369. The van der Waals surface area contributed by atoms with E-state index in [-0.39, 0.29) is 0 Å². The van der Waals surface area contributed by atoms with Crippen LogP contribution in [0.2, 0.25) is 0 Å². The predicted molar refractivity (Wildman–Crippen MR) is 417 cm³/mol. The fraction of sp³-hybridized carbons (Fsp3) is 0.0215. The fourth-order valence-electron chi connectivity index (χ4n) is 14.0. The molecule has 0 amide bonds. The number of imidazole rings is 1. The van der Waals surface area contributed by atoms with E-state index in [1.54, 1.807) is 0 Å². The van der Waals surface area contributed by atoms with Gasteiger partial charge in [0.25, 0.3) is 0 Å². The molecule has 0 radical (unpaired) electrons. The van der Waals surface area contributed by atoms with E-state index in [0.29, 0.717) is 34.6 Å². The van der Waals surface area contributed by atoms with Crippen molar-refractivity contribution < 1.29 is 0 Å². The molecular formula is C93H64N8. The molecular weight excluding hydrogens is 1230 g/mol. The number of nitrogens with zero attached hydrogens (tertiary/aromatic N) is 8. The topological polar surface area (TPSA) is 95.2 Å². The van der Waals surface area contributed by atoms with E-state index < -0.39 is 0 Å². The van der Waals surface area contributed by atoms with Crippen LogP contribution in [0.15, 0.2) is 340 Å². The molecule has 5 aromatic heterocycles. The van der Waals surface area contributed by atoms with Gasteiger partial charge < -0.3 is 0 Å². The average Bonchev–Trinajstić information content (AvgIpc) is 0.838. The van der Waals surface area contributed by atoms with E-state index >= 15 is 0 Å². The summed E-state index contributed by atoms with van der Waals surface area (Å²) in [5.41, 5.74) is 25.0. The molecule has 0 fully saturated rings. The molecule has 101 heavy (non-hydrogen) atoms. The van der Waals surface area contributed by atoms with Crippen LogP contribution in [0.25, 0.3) is 179 Å². The van der Waals surface area contributed by atoms with Crippen LogP contribution in [-0.4, -0.2) is 39.5 Å². The summed E-state index contributed by atoms with van der Waals surface area (Å²) < 4.78 is 2.25. The first-order chi connectivity index (χ1) is 49.8. The third-order valence-electron chi connectivity index (χ3n) is 18.9. The smallest absolute Gasteiger partial charge is 0.182 e. The van der Waals surface area contributed by atoms with E-state index in [9.17, 15) is 0 Å². The fourth-order valence-corrected chi connectivity index (χ4v) is 14.0. The number of hydrogen-bond acceptors (Lipinski definition) is 7. The number of hydrogen-bond donors (Lipinski definition) is 0. The van der Waals surface area contributed by atoms with Gasteiger partial charge in [-0.05, 0) is 186 Å². The first-order valence-corrected chi connectivity index (χ1v) is 34.0. The number of aromatic nitrogens is 8. The highest BCUT2D eigenvalue weighted by molar-refractivity contribution is 6.10. The van der Waals surface area contributed by atoms with E-state index in [2.05, 4.69) is 286 Å². The number of pyridine rings is 3. The molecule has 0 saturated heterocycles. The van der Waals surface area contributed by atoms with E-state index in [4.69, 9.17) is 34.9 Å². The summed E-state index contributed by atoms with van der Waals surface area (Å²) in [6.45, 7) is 8.39. The molecule has 476 valence electrons. The number of aryl methyl sites for hydroxylation is 1. The molecule has 0 aliphatic rings. The van der Waals surface area contributed by atoms with Crippen molar-refractivity contribution in [3.05, 3.63) is 357 Å². The van der Waals surface area contributed by atoms with Crippen molar-refractivity contribution in [2.24, 2.45) is 0 Å². The number of allylic oxidation sites excluding steroid dienone is 2. The highest BCUT2D eigenvalue weighted by Gasteiger charge is 2.23. The number of benzene rings is 12. The van der Waals surface area contributed by atoms with Crippen molar-refractivity contribution in [1.82, 2.24) is 39.5 Å². The van der Waals surface area contributed by atoms with Gasteiger partial charge in [0.15, 0.2) is 17.5 Å². The zero-order valence-electron chi connectivity index (χ0n) is 55.6. The van der Waals surface area contributed by atoms with Crippen molar-refractivity contribution in [2.75, 3.05) is 0 Å². The van der Waals surface area contributed by atoms with E-state index in [0.717, 1.165) is 106 Å². The predicted octanol–water partition coefficient (Wildman–Crippen LogP) is 23.5. The Bertz CT molecular complexity index is 5770. The van der Waals surface area contributed by atoms with Gasteiger partial charge in [0.2, 0.25) is 0 Å². The Morgan fingerprint density at radius 2 is 0.693 bits per heavy atom. The third kappa shape index (κ3) is 12.1. The molecule has 0 unspecified atom stereocenters. The van der Waals surface area contributed by atoms with Crippen molar-refractivity contribution in [1.29, 1.82) is 0 Å². The molecule has 5 heterocycles. The SMILES string of the molecule is C=C/C=C\c1c(C)c(-c2ccc(-n3c(C)nc4cc(-c5cccc(-c6cc(-c7ccccc7)nc(-c7nc(-c8cc(-c9ccccc9)cc(-c9ccccc9)n8)nc(-c8cc(-c9ccccc9)cc(-c9ccccc9)n8)n7)c6)c5)ccc43)cc2)c2ccccc2c1-c1ccc2ccccc2c1. The van der Waals surface area contributed by atoms with Crippen LogP contribution in [0, 0.1) is 13.8 Å². The molecule has 8 nitrogen and oxygen atoms in total. The molecule has 0 aliphatic carbocycles. The van der Waals surface area contributed by atoms with Crippen molar-refractivity contribution in [2.45, 2.75) is 13.8 Å². The minimum absolute atomic E-state index is 0.369. The van der Waals surface area contributed by atoms with Gasteiger partial charge in [-0.3, -0.25) is 4.57 Å². The Morgan fingerprint density at radius 3 is 1.21 bits per heavy atom. The molecule has 0 bridgehead atoms. The second kappa shape index (κ2) is 26.5. The summed E-state index contributed by atoms with van der Waals surface area (Å²) in [6.07, 6.45) is 6.11. The Hall–Kier alpha value is -13.4. The summed E-state index contributed by atoms with van der Waals surface area (Å²) in [7, 11) is 0. The van der Waals surface area contributed by atoms with Crippen LogP contribution >= 0.6 is 0 Å². The van der Waals surface area contributed by atoms with Gasteiger partial charge in [-0.25, -0.2) is 34.9 Å². The van der Waals surface area contributed by atoms with Gasteiger partial charge in [0.05, 0.1) is 28.1 Å². The zero-order chi connectivity index (χ0) is 67.8. The maximum Gasteiger partial charge on any atom is 0.182 e. The lowest BCUT2D eigenvalue weighted by Gasteiger charge is -2.20. The minimum Gasteiger partial charge on any atom is -0.297 e. The normalized spacial score (nSPS) is 11.5. The Balaban J connectivity index is 0.763. The summed E-state index contributed by atoms with van der Waals surface area (Å²) in [4.78, 5) is 37.5. The first-order valence-electron chi connectivity index (χ1n) is 34.0. The van der Waals surface area contributed by atoms with Crippen LogP contribution in [-0.2, 0) is 0 Å². The molecule has 0 aliphatic heterocycles. The van der Waals surface area contributed by atoms with Crippen LogP contribution in [0.1, 0.15) is 17.0 Å². The van der Waals surface area contributed by atoms with Crippen LogP contribution < -0.4 is 0 Å². The van der Waals surface area contributed by atoms with Crippen LogP contribution in [0.5, 0.6) is 0 Å². The Labute approximate surface area is 586 Å². The summed E-state index contributed by atoms with van der Waals surface area (Å²) >= 11 is 0. The van der Waals surface area contributed by atoms with Crippen molar-refractivity contribution in [3.63, 3.8) is 0 Å². The second-order valence-electron chi connectivity index (χ2n) is 25.3. The summed E-state index contributed by atoms with van der Waals surface area (Å²) in [6, 6.07) is 112. The van der Waals surface area contributed by atoms with Gasteiger partial charge in [0, 0.05) is 22.4 Å². The maximum atomic E-state index is 5.44. The van der Waals surface area contributed by atoms with Gasteiger partial charge >= 0.3 is 0 Å². The lowest BCUT2D eigenvalue weighted by molar-refractivity contribution is 1.00. The first kappa shape index (κ1) is 61.2. The lowest BCUT2D eigenvalue weighted by Crippen LogP contribution is -2.05. The van der Waals surface area contributed by atoms with E-state index in [1.165, 1.54) is 49.4 Å². The Morgan fingerprint density at radius 1 is 0.287 bits per heavy atom. The summed E-state index contributed by atoms with van der Waals surface area (Å²) in [5, 5.41) is 4.85. The van der Waals surface area contributed by atoms with Gasteiger partial charge in [-0.15, -0.1) is 0 Å². The molecule has 0 atom stereocenters. The largest absolute Gasteiger partial charge is 0.297 e. The molecule has 17 aromatic rings. The molecule has 0 spiro atoms. The Kier molecular flexibility index (Phi) is 16.1. The highest BCUT2D eigenvalue weighted by atomic mass is 15.1. The highest BCUT2D eigenvalue weighted by Crippen LogP contribution is 2.44. The van der Waals surface area contributed by atoms with Crippen LogP contribution in [0.4, 0.5) is 0 Å². The van der Waals surface area contributed by atoms with E-state index in [1.807, 2.05) is 78.9 Å². The van der Waals surface area contributed by atoms with Gasteiger partial charge in [-0.1, -0.05) is 274 Å². The molecule has 12 aromatic carbocycles. The average molecular weight is 1290 g/mol. The van der Waals surface area contributed by atoms with Crippen molar-refractivity contribution >= 4 is 38.7 Å². The molecule has 8 heteroatoms. The standard InChI is InChI=1S/C93H64N8/c1-4-5-40-78-60(2)89(79-41-23-24-42-80(79)90(78)73-44-43-64-30-21-22-37-69(64)52-73)68-45-48-77(49-46-68)101-61(3)94-84-53-72(47-50-88(84)101)70-38-25-39-71(51-70)76-56-83(67-35-19-10-20-36-67)97-87(59-76)93-99-91(85-57-74(62-26-11-6-12-27-62)54-81(95-85)65-31-15-8-16-32-65)98-92(100-93)86-58-75(63-28-13-7-14-29-63)55-82(96-86)66-33-17-9-18-34-66/h4-59H,1H2,2-3H3/b40-5-. The van der Waals surface area contributed by atoms with Gasteiger partial charge in [0.1, 0.15) is 22.9 Å². The molecule has 17 rings (SSSR count). The van der Waals surface area contributed by atoms with Crippen LogP contribution in [0.3, 0.4) is 0 Å². The second-order valence-corrected chi connectivity index (χ2v) is 25.3. The number of fused-ring (bicyclic) bond motifs is 3. The number of rotatable bonds is 15.